The molecular formula is C76H49N5. The van der Waals surface area contributed by atoms with Gasteiger partial charge in [-0.05, 0) is 149 Å². The van der Waals surface area contributed by atoms with Crippen LogP contribution in [0.1, 0.15) is 0 Å². The van der Waals surface area contributed by atoms with Gasteiger partial charge in [0, 0.05) is 66.1 Å². The van der Waals surface area contributed by atoms with Crippen LogP contribution >= 0.6 is 0 Å². The summed E-state index contributed by atoms with van der Waals surface area (Å²) in [5.74, 6) is 0.671. The maximum atomic E-state index is 5.45. The number of aromatic nitrogens is 5. The van der Waals surface area contributed by atoms with Crippen LogP contribution in [0, 0.1) is 0 Å². The van der Waals surface area contributed by atoms with Crippen LogP contribution in [0.4, 0.5) is 0 Å². The van der Waals surface area contributed by atoms with Crippen molar-refractivity contribution in [3.05, 3.63) is 297 Å². The highest BCUT2D eigenvalue weighted by Crippen LogP contribution is 2.42. The highest BCUT2D eigenvalue weighted by Gasteiger charge is 2.20. The van der Waals surface area contributed by atoms with E-state index in [0.717, 1.165) is 89.6 Å². The summed E-state index contributed by atoms with van der Waals surface area (Å²) in [4.78, 5) is 10.8. The van der Waals surface area contributed by atoms with E-state index in [1.807, 2.05) is 6.07 Å². The minimum Gasteiger partial charge on any atom is -0.309 e. The van der Waals surface area contributed by atoms with Crippen molar-refractivity contribution in [2.75, 3.05) is 0 Å². The zero-order valence-corrected chi connectivity index (χ0v) is 44.0. The maximum Gasteiger partial charge on any atom is 0.160 e. The molecule has 0 radical (unpaired) electrons. The average molecular weight is 1030 g/mol. The van der Waals surface area contributed by atoms with Gasteiger partial charge in [-0.25, -0.2) is 9.97 Å². The first-order valence-corrected chi connectivity index (χ1v) is 27.6. The fourth-order valence-corrected chi connectivity index (χ4v) is 12.4. The van der Waals surface area contributed by atoms with Gasteiger partial charge in [0.25, 0.3) is 0 Å². The Morgan fingerprint density at radius 3 is 0.914 bits per heavy atom. The Balaban J connectivity index is 0.861. The van der Waals surface area contributed by atoms with Gasteiger partial charge in [-0.1, -0.05) is 182 Å². The summed E-state index contributed by atoms with van der Waals surface area (Å²) in [5, 5.41) is 7.29. The molecular weight excluding hydrogens is 983 g/mol. The molecule has 378 valence electrons. The highest BCUT2D eigenvalue weighted by atomic mass is 15.0. The molecule has 4 heterocycles. The zero-order chi connectivity index (χ0) is 53.4. The largest absolute Gasteiger partial charge is 0.309 e. The molecule has 81 heavy (non-hydrogen) atoms. The van der Waals surface area contributed by atoms with Gasteiger partial charge < -0.3 is 13.7 Å². The van der Waals surface area contributed by atoms with Crippen LogP contribution in [0.3, 0.4) is 0 Å². The molecule has 0 spiro atoms. The van der Waals surface area contributed by atoms with Gasteiger partial charge in [0.05, 0.1) is 44.5 Å². The lowest BCUT2D eigenvalue weighted by Gasteiger charge is -2.14. The summed E-state index contributed by atoms with van der Waals surface area (Å²) in [7, 11) is 0. The van der Waals surface area contributed by atoms with Gasteiger partial charge in [-0.2, -0.15) is 0 Å². The van der Waals surface area contributed by atoms with Crippen molar-refractivity contribution in [2.24, 2.45) is 0 Å². The van der Waals surface area contributed by atoms with Crippen LogP contribution in [-0.4, -0.2) is 23.7 Å². The average Bonchev–Trinajstić information content (AvgIpc) is 4.38. The first-order chi connectivity index (χ1) is 40.1. The van der Waals surface area contributed by atoms with Crippen LogP contribution in [0.25, 0.3) is 150 Å². The van der Waals surface area contributed by atoms with Crippen molar-refractivity contribution in [3.8, 4) is 84.3 Å². The van der Waals surface area contributed by atoms with E-state index in [2.05, 4.69) is 305 Å². The predicted molar refractivity (Wildman–Crippen MR) is 338 cm³/mol. The van der Waals surface area contributed by atoms with Crippen LogP contribution in [0.5, 0.6) is 0 Å². The SMILES string of the molecule is c1ccc(-c2nc(-c3ccc(-c4ccc5c(c4)c4ccccc4n5-c4ccccc4)cc3)cc(-c3cc(-c4ccc5c(c4)c4ccccc4n5-c4ccccc4)cc(-c4ccc5c(c4)c4ccccc4n5-c4ccccc4)c3)n2)cc1. The smallest absolute Gasteiger partial charge is 0.160 e. The quantitative estimate of drug-likeness (QED) is 0.145. The van der Waals surface area contributed by atoms with Crippen molar-refractivity contribution in [1.29, 1.82) is 0 Å². The normalized spacial score (nSPS) is 11.7. The maximum absolute atomic E-state index is 5.45. The van der Waals surface area contributed by atoms with E-state index in [1.165, 1.54) is 54.4 Å². The summed E-state index contributed by atoms with van der Waals surface area (Å²) >= 11 is 0. The highest BCUT2D eigenvalue weighted by molar-refractivity contribution is 6.13. The number of nitrogens with zero attached hydrogens (tertiary/aromatic N) is 5. The number of benzene rings is 12. The minimum absolute atomic E-state index is 0.671. The number of fused-ring (bicyclic) bond motifs is 9. The second-order valence-corrected chi connectivity index (χ2v) is 21.0. The van der Waals surface area contributed by atoms with Crippen LogP contribution in [0.15, 0.2) is 297 Å². The zero-order valence-electron chi connectivity index (χ0n) is 44.0. The molecule has 0 bridgehead atoms. The first-order valence-electron chi connectivity index (χ1n) is 27.6. The fraction of sp³-hybridized carbons (Fsp3) is 0. The molecule has 0 aliphatic carbocycles. The number of rotatable bonds is 9. The summed E-state index contributed by atoms with van der Waals surface area (Å²) in [6, 6.07) is 107. The Bertz CT molecular complexity index is 4900. The number of hydrogen-bond donors (Lipinski definition) is 0. The van der Waals surface area contributed by atoms with Gasteiger partial charge in [-0.3, -0.25) is 0 Å². The van der Waals surface area contributed by atoms with E-state index in [4.69, 9.17) is 9.97 Å². The Morgan fingerprint density at radius 1 is 0.185 bits per heavy atom. The molecule has 0 saturated heterocycles. The third-order valence-electron chi connectivity index (χ3n) is 16.2. The Hall–Kier alpha value is -10.9. The van der Waals surface area contributed by atoms with Crippen molar-refractivity contribution < 1.29 is 0 Å². The molecule has 0 unspecified atom stereocenters. The molecule has 5 nitrogen and oxygen atoms in total. The van der Waals surface area contributed by atoms with Crippen molar-refractivity contribution in [1.82, 2.24) is 23.7 Å². The molecule has 0 aliphatic rings. The fourth-order valence-electron chi connectivity index (χ4n) is 12.4. The standard InChI is InChI=1S/C76H49N5/c1-5-19-52(20-6-1)76-77-68(51-35-33-50(34-36-51)53-37-40-73-65(46-53)62-27-13-16-30-70(62)79(73)59-21-7-2-8-22-59)49-69(78-76)58-44-56(54-38-41-74-66(47-54)63-28-14-17-31-71(63)80(74)60-23-9-3-10-24-60)43-57(45-58)55-39-42-75-67(48-55)64-29-15-18-32-72(64)81(75)61-25-11-4-12-26-61/h1-49H. The molecule has 0 aliphatic heterocycles. The first kappa shape index (κ1) is 46.2. The van der Waals surface area contributed by atoms with Gasteiger partial charge in [-0.15, -0.1) is 0 Å². The Kier molecular flexibility index (Phi) is 10.8. The number of para-hydroxylation sites is 6. The molecule has 16 aromatic rings. The van der Waals surface area contributed by atoms with E-state index >= 15 is 0 Å². The van der Waals surface area contributed by atoms with Crippen molar-refractivity contribution in [2.45, 2.75) is 0 Å². The van der Waals surface area contributed by atoms with E-state index in [9.17, 15) is 0 Å². The minimum atomic E-state index is 0.671. The van der Waals surface area contributed by atoms with Crippen molar-refractivity contribution >= 4 is 65.4 Å². The second-order valence-electron chi connectivity index (χ2n) is 21.0. The molecule has 0 N–H and O–H groups in total. The molecule has 0 saturated carbocycles. The molecule has 0 amide bonds. The summed E-state index contributed by atoms with van der Waals surface area (Å²) in [5.41, 5.74) is 21.9. The van der Waals surface area contributed by atoms with E-state index in [0.29, 0.717) is 5.82 Å². The lowest BCUT2D eigenvalue weighted by Crippen LogP contribution is -1.97. The van der Waals surface area contributed by atoms with Gasteiger partial charge in [0.15, 0.2) is 5.82 Å². The van der Waals surface area contributed by atoms with Gasteiger partial charge >= 0.3 is 0 Å². The van der Waals surface area contributed by atoms with Crippen LogP contribution < -0.4 is 0 Å². The third kappa shape index (κ3) is 7.85. The predicted octanol–water partition coefficient (Wildman–Crippen LogP) is 19.8. The molecule has 0 atom stereocenters. The Labute approximate surface area is 468 Å². The van der Waals surface area contributed by atoms with Gasteiger partial charge in [0.2, 0.25) is 0 Å². The molecule has 0 fully saturated rings. The van der Waals surface area contributed by atoms with E-state index in [1.54, 1.807) is 0 Å². The topological polar surface area (TPSA) is 40.6 Å². The summed E-state index contributed by atoms with van der Waals surface area (Å²) in [6.07, 6.45) is 0. The lowest BCUT2D eigenvalue weighted by atomic mass is 9.93. The van der Waals surface area contributed by atoms with E-state index in [-0.39, 0.29) is 0 Å². The summed E-state index contributed by atoms with van der Waals surface area (Å²) in [6.45, 7) is 0. The molecule has 12 aromatic carbocycles. The van der Waals surface area contributed by atoms with Crippen LogP contribution in [-0.2, 0) is 0 Å². The summed E-state index contributed by atoms with van der Waals surface area (Å²) < 4.78 is 7.12. The van der Waals surface area contributed by atoms with Crippen molar-refractivity contribution in [3.63, 3.8) is 0 Å². The lowest BCUT2D eigenvalue weighted by molar-refractivity contribution is 1.18. The third-order valence-corrected chi connectivity index (χ3v) is 16.2. The van der Waals surface area contributed by atoms with Crippen LogP contribution in [0.2, 0.25) is 0 Å². The Morgan fingerprint density at radius 2 is 0.494 bits per heavy atom. The molecule has 4 aromatic heterocycles. The second kappa shape index (κ2) is 18.9. The van der Waals surface area contributed by atoms with E-state index < -0.39 is 0 Å². The molecule has 16 rings (SSSR count). The van der Waals surface area contributed by atoms with Gasteiger partial charge in [0.1, 0.15) is 0 Å². The monoisotopic (exact) mass is 1030 g/mol. The number of hydrogen-bond acceptors (Lipinski definition) is 2. The molecule has 5 heteroatoms.